The van der Waals surface area contributed by atoms with E-state index >= 15 is 0 Å². The van der Waals surface area contributed by atoms with Crippen LogP contribution in [0.15, 0.2) is 59.7 Å². The van der Waals surface area contributed by atoms with Crippen molar-refractivity contribution >= 4 is 11.8 Å². The molecule has 1 fully saturated rings. The van der Waals surface area contributed by atoms with Crippen LogP contribution in [0.4, 0.5) is 0 Å². The maximum absolute atomic E-state index is 10.0. The molecule has 1 aliphatic heterocycles. The van der Waals surface area contributed by atoms with E-state index in [0.29, 0.717) is 18.4 Å². The summed E-state index contributed by atoms with van der Waals surface area (Å²) in [5.74, 6) is 0.814. The van der Waals surface area contributed by atoms with Crippen LogP contribution in [0.3, 0.4) is 0 Å². The molecule has 26 heavy (non-hydrogen) atoms. The van der Waals surface area contributed by atoms with Crippen LogP contribution in [0, 0.1) is 11.3 Å². The Bertz CT molecular complexity index is 763. The van der Waals surface area contributed by atoms with Crippen LogP contribution >= 0.6 is 11.8 Å². The number of aliphatic hydroxyl groups excluding tert-OH is 2. The number of para-hydroxylation sites is 1. The third-order valence-electron chi connectivity index (χ3n) is 4.50. The molecule has 1 aliphatic carbocycles. The minimum absolute atomic E-state index is 0.0140. The Balaban J connectivity index is 1.73. The Kier molecular flexibility index (Phi) is 6.56. The summed E-state index contributed by atoms with van der Waals surface area (Å²) in [6, 6.07) is 10.1. The standard InChI is InChI=1S/C21H23NO3S/c22-13-16-5-3-4-15(8-9-16)10-17-6-1-2-7-20(17)25-21-12-18(24)11-19(14-23)26-21/h1-3,5-9,18-19,21,23-24H,4,10-12,14H2. The molecule has 136 valence electrons. The van der Waals surface area contributed by atoms with Crippen molar-refractivity contribution in [2.45, 2.75) is 42.5 Å². The average Bonchev–Trinajstić information content (AvgIpc) is 2.88. The number of thioether (sulfide) groups is 1. The van der Waals surface area contributed by atoms with E-state index < -0.39 is 6.10 Å². The Labute approximate surface area is 158 Å². The summed E-state index contributed by atoms with van der Waals surface area (Å²) in [4.78, 5) is 0. The zero-order valence-corrected chi connectivity index (χ0v) is 15.4. The highest BCUT2D eigenvalue weighted by Crippen LogP contribution is 2.35. The van der Waals surface area contributed by atoms with E-state index in [1.165, 1.54) is 5.57 Å². The molecule has 3 atom stereocenters. The van der Waals surface area contributed by atoms with Gasteiger partial charge < -0.3 is 14.9 Å². The molecule has 1 saturated heterocycles. The third kappa shape index (κ3) is 5.01. The molecule has 0 amide bonds. The second kappa shape index (κ2) is 9.09. The first-order chi connectivity index (χ1) is 12.7. The second-order valence-corrected chi connectivity index (χ2v) is 8.03. The summed E-state index contributed by atoms with van der Waals surface area (Å²) in [5, 5.41) is 28.5. The number of allylic oxidation sites excluding steroid dienone is 6. The largest absolute Gasteiger partial charge is 0.479 e. The van der Waals surface area contributed by atoms with Gasteiger partial charge in [-0.15, -0.1) is 11.8 Å². The van der Waals surface area contributed by atoms with Gasteiger partial charge in [-0.05, 0) is 43.0 Å². The minimum atomic E-state index is -0.435. The highest BCUT2D eigenvalue weighted by molar-refractivity contribution is 8.00. The Morgan fingerprint density at radius 3 is 2.88 bits per heavy atom. The van der Waals surface area contributed by atoms with Crippen LogP contribution in [-0.2, 0) is 6.42 Å². The van der Waals surface area contributed by atoms with Crippen molar-refractivity contribution in [3.8, 4) is 11.8 Å². The minimum Gasteiger partial charge on any atom is -0.479 e. The van der Waals surface area contributed by atoms with Crippen LogP contribution < -0.4 is 4.74 Å². The molecule has 1 heterocycles. The molecular formula is C21H23NO3S. The maximum atomic E-state index is 10.0. The summed E-state index contributed by atoms with van der Waals surface area (Å²) in [6.07, 6.45) is 10.0. The highest BCUT2D eigenvalue weighted by atomic mass is 32.2. The van der Waals surface area contributed by atoms with Gasteiger partial charge in [-0.3, -0.25) is 0 Å². The van der Waals surface area contributed by atoms with E-state index in [-0.39, 0.29) is 17.3 Å². The molecule has 2 N–H and O–H groups in total. The van der Waals surface area contributed by atoms with Gasteiger partial charge in [-0.1, -0.05) is 35.9 Å². The number of rotatable bonds is 5. The van der Waals surface area contributed by atoms with E-state index in [0.717, 1.165) is 24.2 Å². The molecular weight excluding hydrogens is 346 g/mol. The average molecular weight is 369 g/mol. The Hall–Kier alpha value is -2.00. The monoisotopic (exact) mass is 369 g/mol. The number of aliphatic hydroxyl groups is 2. The fourth-order valence-corrected chi connectivity index (χ4v) is 4.51. The summed E-state index contributed by atoms with van der Waals surface area (Å²) < 4.78 is 6.18. The number of benzene rings is 1. The van der Waals surface area contributed by atoms with E-state index in [9.17, 15) is 10.2 Å². The van der Waals surface area contributed by atoms with Crippen molar-refractivity contribution in [2.75, 3.05) is 6.61 Å². The van der Waals surface area contributed by atoms with E-state index in [1.807, 2.05) is 48.6 Å². The van der Waals surface area contributed by atoms with Crippen molar-refractivity contribution in [2.24, 2.45) is 0 Å². The van der Waals surface area contributed by atoms with Crippen LogP contribution in [-0.4, -0.2) is 33.6 Å². The molecule has 1 aromatic carbocycles. The van der Waals surface area contributed by atoms with Crippen molar-refractivity contribution in [3.05, 3.63) is 65.3 Å². The lowest BCUT2D eigenvalue weighted by Crippen LogP contribution is -2.33. The molecule has 4 nitrogen and oxygen atoms in total. The van der Waals surface area contributed by atoms with Gasteiger partial charge in [0.05, 0.1) is 24.4 Å². The van der Waals surface area contributed by atoms with Crippen molar-refractivity contribution in [3.63, 3.8) is 0 Å². The molecule has 1 aromatic rings. The van der Waals surface area contributed by atoms with Crippen LogP contribution in [0.2, 0.25) is 0 Å². The first-order valence-corrected chi connectivity index (χ1v) is 9.77. The molecule has 5 heteroatoms. The molecule has 3 rings (SSSR count). The predicted molar refractivity (Wildman–Crippen MR) is 104 cm³/mol. The number of hydrogen-bond donors (Lipinski definition) is 2. The van der Waals surface area contributed by atoms with E-state index in [1.54, 1.807) is 11.8 Å². The normalized spacial score (nSPS) is 25.7. The van der Waals surface area contributed by atoms with Gasteiger partial charge in [0.15, 0.2) is 0 Å². The fraction of sp³-hybridized carbons (Fsp3) is 0.381. The van der Waals surface area contributed by atoms with Crippen molar-refractivity contribution in [1.82, 2.24) is 0 Å². The van der Waals surface area contributed by atoms with Gasteiger partial charge in [-0.2, -0.15) is 5.26 Å². The summed E-state index contributed by atoms with van der Waals surface area (Å²) in [7, 11) is 0. The zero-order chi connectivity index (χ0) is 18.4. The quantitative estimate of drug-likeness (QED) is 0.831. The first kappa shape index (κ1) is 18.8. The first-order valence-electron chi connectivity index (χ1n) is 8.83. The smallest absolute Gasteiger partial charge is 0.147 e. The molecule has 0 spiro atoms. The van der Waals surface area contributed by atoms with Crippen LogP contribution in [0.1, 0.15) is 24.8 Å². The molecule has 2 aliphatic rings. The highest BCUT2D eigenvalue weighted by Gasteiger charge is 2.29. The second-order valence-electron chi connectivity index (χ2n) is 6.56. The van der Waals surface area contributed by atoms with Gasteiger partial charge in [0.2, 0.25) is 0 Å². The Morgan fingerprint density at radius 2 is 2.08 bits per heavy atom. The lowest BCUT2D eigenvalue weighted by molar-refractivity contribution is 0.104. The fourth-order valence-electron chi connectivity index (χ4n) is 3.17. The summed E-state index contributed by atoms with van der Waals surface area (Å²) in [6.45, 7) is 0.0516. The number of nitriles is 1. The van der Waals surface area contributed by atoms with Gasteiger partial charge in [0.1, 0.15) is 11.2 Å². The molecule has 0 aromatic heterocycles. The Morgan fingerprint density at radius 1 is 1.23 bits per heavy atom. The molecule has 0 saturated carbocycles. The van der Waals surface area contributed by atoms with Gasteiger partial charge in [0, 0.05) is 11.7 Å². The van der Waals surface area contributed by atoms with Gasteiger partial charge >= 0.3 is 0 Å². The molecule has 0 bridgehead atoms. The zero-order valence-electron chi connectivity index (χ0n) is 14.5. The van der Waals surface area contributed by atoms with E-state index in [2.05, 4.69) is 6.07 Å². The predicted octanol–water partition coefficient (Wildman–Crippen LogP) is 3.52. The van der Waals surface area contributed by atoms with E-state index in [4.69, 9.17) is 10.00 Å². The topological polar surface area (TPSA) is 73.5 Å². The number of hydrogen-bond acceptors (Lipinski definition) is 5. The van der Waals surface area contributed by atoms with Gasteiger partial charge in [-0.25, -0.2) is 0 Å². The lowest BCUT2D eigenvalue weighted by Gasteiger charge is -2.31. The summed E-state index contributed by atoms with van der Waals surface area (Å²) >= 11 is 1.59. The molecule has 3 unspecified atom stereocenters. The molecule has 0 radical (unpaired) electrons. The summed E-state index contributed by atoms with van der Waals surface area (Å²) in [5.41, 5.74) is 2.80. The van der Waals surface area contributed by atoms with Crippen LogP contribution in [0.5, 0.6) is 5.75 Å². The van der Waals surface area contributed by atoms with Crippen LogP contribution in [0.25, 0.3) is 0 Å². The van der Waals surface area contributed by atoms with Gasteiger partial charge in [0.25, 0.3) is 0 Å². The number of ether oxygens (including phenoxy) is 1. The maximum Gasteiger partial charge on any atom is 0.147 e. The third-order valence-corrected chi connectivity index (χ3v) is 5.82. The SMILES string of the molecule is N#CC1=CC=C(Cc2ccccc2OC2CC(O)CC(CO)S2)CC=C1. The lowest BCUT2D eigenvalue weighted by atomic mass is 10.0. The number of nitrogens with zero attached hydrogens (tertiary/aromatic N) is 1. The van der Waals surface area contributed by atoms with Crippen molar-refractivity contribution in [1.29, 1.82) is 5.26 Å². The van der Waals surface area contributed by atoms with Crippen molar-refractivity contribution < 1.29 is 14.9 Å².